The Balaban J connectivity index is 3.72. The molecule has 0 heterocycles. The first-order chi connectivity index (χ1) is 7.03. The number of primary sulfonamides is 1. The molecule has 0 bridgehead atoms. The molecule has 0 atom stereocenters. The van der Waals surface area contributed by atoms with Crippen LogP contribution in [-0.2, 0) is 19.1 Å². The minimum Gasteiger partial charge on any atom is -0.398 e. The smallest absolute Gasteiger partial charge is 0.262 e. The maximum absolute atomic E-state index is 11.1. The van der Waals surface area contributed by atoms with Crippen molar-refractivity contribution >= 4 is 47.0 Å². The van der Waals surface area contributed by atoms with E-state index in [1.807, 2.05) is 0 Å². The zero-order valence-electron chi connectivity index (χ0n) is 7.51. The highest BCUT2D eigenvalue weighted by atomic mass is 35.7. The van der Waals surface area contributed by atoms with E-state index in [2.05, 4.69) is 0 Å². The summed E-state index contributed by atoms with van der Waals surface area (Å²) in [5, 5.41) is 4.55. The van der Waals surface area contributed by atoms with Gasteiger partial charge in [0.15, 0.2) is 0 Å². The maximum Gasteiger partial charge on any atom is 0.262 e. The van der Waals surface area contributed by atoms with Gasteiger partial charge < -0.3 is 5.73 Å². The van der Waals surface area contributed by atoms with Crippen LogP contribution in [0.1, 0.15) is 0 Å². The number of benzene rings is 1. The number of halogens is 2. The minimum absolute atomic E-state index is 0.253. The fourth-order valence-corrected chi connectivity index (χ4v) is 3.26. The molecule has 10 heteroatoms. The van der Waals surface area contributed by atoms with Crippen molar-refractivity contribution in [1.82, 2.24) is 0 Å². The van der Waals surface area contributed by atoms with E-state index in [1.165, 1.54) is 0 Å². The summed E-state index contributed by atoms with van der Waals surface area (Å²) in [4.78, 5) is -1.11. The molecule has 1 rings (SSSR count). The number of nitrogens with two attached hydrogens (primary N) is 2. The van der Waals surface area contributed by atoms with Crippen LogP contribution in [0.5, 0.6) is 0 Å². The summed E-state index contributed by atoms with van der Waals surface area (Å²) < 4.78 is 44.2. The lowest BCUT2D eigenvalue weighted by atomic mass is 10.3. The molecule has 0 aromatic heterocycles. The second-order valence-electron chi connectivity index (χ2n) is 2.80. The van der Waals surface area contributed by atoms with E-state index >= 15 is 0 Å². The normalized spacial score (nSPS) is 12.7. The van der Waals surface area contributed by atoms with Gasteiger partial charge in [0.2, 0.25) is 10.0 Å². The van der Waals surface area contributed by atoms with E-state index in [1.54, 1.807) is 0 Å². The molecule has 0 saturated heterocycles. The Morgan fingerprint density at radius 3 is 1.94 bits per heavy atom. The second kappa shape index (κ2) is 4.04. The van der Waals surface area contributed by atoms with Crippen molar-refractivity contribution in [2.45, 2.75) is 9.79 Å². The fraction of sp³-hybridized carbons (Fsp3) is 0. The van der Waals surface area contributed by atoms with Gasteiger partial charge in [0.1, 0.15) is 9.79 Å². The minimum atomic E-state index is -4.17. The van der Waals surface area contributed by atoms with Crippen molar-refractivity contribution in [2.75, 3.05) is 5.73 Å². The van der Waals surface area contributed by atoms with Crippen molar-refractivity contribution < 1.29 is 16.8 Å². The Hall–Kier alpha value is -0.540. The van der Waals surface area contributed by atoms with E-state index in [0.717, 1.165) is 12.1 Å². The highest BCUT2D eigenvalue weighted by Gasteiger charge is 2.21. The van der Waals surface area contributed by atoms with E-state index in [9.17, 15) is 16.8 Å². The summed E-state index contributed by atoms with van der Waals surface area (Å²) in [6, 6.07) is 1.67. The van der Waals surface area contributed by atoms with E-state index < -0.39 is 28.9 Å². The molecule has 0 aliphatic carbocycles. The molecule has 1 aromatic rings. The van der Waals surface area contributed by atoms with Crippen molar-refractivity contribution in [3.8, 4) is 0 Å². The predicted octanol–water partition coefficient (Wildman–Crippen LogP) is 0.497. The molecule has 0 radical (unpaired) electrons. The lowest BCUT2D eigenvalue weighted by Crippen LogP contribution is -2.15. The van der Waals surface area contributed by atoms with E-state index in [-0.39, 0.29) is 10.7 Å². The second-order valence-corrected chi connectivity index (χ2v) is 7.27. The molecular formula is C6H6Cl2N2O4S2. The van der Waals surface area contributed by atoms with Gasteiger partial charge in [-0.3, -0.25) is 0 Å². The van der Waals surface area contributed by atoms with Crippen LogP contribution in [0.15, 0.2) is 21.9 Å². The summed E-state index contributed by atoms with van der Waals surface area (Å²) >= 11 is 5.56. The molecule has 16 heavy (non-hydrogen) atoms. The predicted molar refractivity (Wildman–Crippen MR) is 60.3 cm³/mol. The summed E-state index contributed by atoms with van der Waals surface area (Å²) in [5.74, 6) is 0. The molecule has 90 valence electrons. The largest absolute Gasteiger partial charge is 0.398 e. The van der Waals surface area contributed by atoms with Crippen LogP contribution in [0.25, 0.3) is 0 Å². The van der Waals surface area contributed by atoms with E-state index in [4.69, 9.17) is 33.2 Å². The first kappa shape index (κ1) is 13.5. The van der Waals surface area contributed by atoms with Gasteiger partial charge in [-0.25, -0.2) is 22.0 Å². The molecule has 6 nitrogen and oxygen atoms in total. The van der Waals surface area contributed by atoms with Gasteiger partial charge in [-0.15, -0.1) is 0 Å². The SMILES string of the molecule is Nc1cc(Cl)c(S(=O)(=O)Cl)cc1S(N)(=O)=O. The number of rotatable bonds is 2. The summed E-state index contributed by atoms with van der Waals surface area (Å²) in [6.07, 6.45) is 0. The molecule has 0 aliphatic rings. The highest BCUT2D eigenvalue weighted by Crippen LogP contribution is 2.31. The van der Waals surface area contributed by atoms with Gasteiger partial charge in [-0.1, -0.05) is 11.6 Å². The number of sulfonamides is 1. The number of hydrogen-bond acceptors (Lipinski definition) is 5. The van der Waals surface area contributed by atoms with Crippen molar-refractivity contribution in [2.24, 2.45) is 5.14 Å². The Labute approximate surface area is 102 Å². The first-order valence-electron chi connectivity index (χ1n) is 3.60. The van der Waals surface area contributed by atoms with Gasteiger partial charge in [-0.2, -0.15) is 0 Å². The van der Waals surface area contributed by atoms with Gasteiger partial charge in [0.25, 0.3) is 9.05 Å². The average molecular weight is 305 g/mol. The van der Waals surface area contributed by atoms with Crippen molar-refractivity contribution in [3.63, 3.8) is 0 Å². The lowest BCUT2D eigenvalue weighted by Gasteiger charge is -2.06. The maximum atomic E-state index is 11.1. The average Bonchev–Trinajstić information content (AvgIpc) is 1.97. The van der Waals surface area contributed by atoms with Gasteiger partial charge >= 0.3 is 0 Å². The number of hydrogen-bond donors (Lipinski definition) is 2. The monoisotopic (exact) mass is 304 g/mol. The molecule has 0 amide bonds. The molecule has 0 fully saturated rings. The Bertz CT molecular complexity index is 585. The fourth-order valence-electron chi connectivity index (χ4n) is 0.983. The highest BCUT2D eigenvalue weighted by molar-refractivity contribution is 8.13. The van der Waals surface area contributed by atoms with Crippen LogP contribution in [-0.4, -0.2) is 16.8 Å². The third-order valence-corrected chi connectivity index (χ3v) is 4.39. The quantitative estimate of drug-likeness (QED) is 0.608. The summed E-state index contributed by atoms with van der Waals surface area (Å²) in [6.45, 7) is 0. The molecule has 0 aliphatic heterocycles. The van der Waals surface area contributed by atoms with Gasteiger partial charge in [0.05, 0.1) is 10.7 Å². The van der Waals surface area contributed by atoms with Crippen LogP contribution in [0.2, 0.25) is 5.02 Å². The van der Waals surface area contributed by atoms with Gasteiger partial charge in [0, 0.05) is 10.7 Å². The van der Waals surface area contributed by atoms with Crippen LogP contribution in [0.4, 0.5) is 5.69 Å². The standard InChI is InChI=1S/C6H6Cl2N2O4S2/c7-3-1-4(9)6(16(10,13)14)2-5(3)15(8,11)12/h1-2H,9H2,(H2,10,13,14). The van der Waals surface area contributed by atoms with Crippen LogP contribution < -0.4 is 10.9 Å². The number of nitrogen functional groups attached to an aromatic ring is 1. The lowest BCUT2D eigenvalue weighted by molar-refractivity contribution is 0.598. The zero-order valence-corrected chi connectivity index (χ0v) is 10.7. The van der Waals surface area contributed by atoms with Gasteiger partial charge in [-0.05, 0) is 12.1 Å². The summed E-state index contributed by atoms with van der Waals surface area (Å²) in [7, 11) is -3.26. The topological polar surface area (TPSA) is 120 Å². The van der Waals surface area contributed by atoms with Crippen LogP contribution in [0, 0.1) is 0 Å². The number of anilines is 1. The molecule has 0 spiro atoms. The van der Waals surface area contributed by atoms with Crippen molar-refractivity contribution in [3.05, 3.63) is 17.2 Å². The molecule has 0 saturated carbocycles. The molecule has 0 unspecified atom stereocenters. The Kier molecular flexibility index (Phi) is 3.42. The summed E-state index contributed by atoms with van der Waals surface area (Å²) in [5.41, 5.74) is 5.08. The Morgan fingerprint density at radius 1 is 1.06 bits per heavy atom. The van der Waals surface area contributed by atoms with Crippen molar-refractivity contribution in [1.29, 1.82) is 0 Å². The third-order valence-electron chi connectivity index (χ3n) is 1.63. The van der Waals surface area contributed by atoms with Crippen LogP contribution in [0.3, 0.4) is 0 Å². The first-order valence-corrected chi connectivity index (χ1v) is 7.83. The third kappa shape index (κ3) is 2.77. The van der Waals surface area contributed by atoms with Crippen LogP contribution >= 0.6 is 22.3 Å². The molecular weight excluding hydrogens is 299 g/mol. The zero-order chi connectivity index (χ0) is 12.7. The molecule has 4 N–H and O–H groups in total. The van der Waals surface area contributed by atoms with E-state index in [0.29, 0.717) is 0 Å². The molecule has 1 aromatic carbocycles. The Morgan fingerprint density at radius 2 is 1.56 bits per heavy atom.